The molecule has 1 heterocycles. The van der Waals surface area contributed by atoms with Crippen LogP contribution in [-0.2, 0) is 14.9 Å². The van der Waals surface area contributed by atoms with E-state index in [4.69, 9.17) is 21.1 Å². The van der Waals surface area contributed by atoms with E-state index in [1.54, 1.807) is 7.11 Å². The van der Waals surface area contributed by atoms with Crippen molar-refractivity contribution in [1.82, 2.24) is 9.03 Å². The molecular weight excluding hydrogens is 447 g/mol. The van der Waals surface area contributed by atoms with Gasteiger partial charge in [0.1, 0.15) is 17.7 Å². The number of nitrogens with one attached hydrogen (secondary N) is 1. The number of carbonyl (C=O) groups excluding carboxylic acids is 1. The first-order valence-corrected chi connectivity index (χ1v) is 12.5. The molecule has 4 bridgehead atoms. The van der Waals surface area contributed by atoms with Crippen molar-refractivity contribution >= 4 is 27.7 Å². The molecule has 10 heteroatoms. The van der Waals surface area contributed by atoms with Crippen molar-refractivity contribution in [3.63, 3.8) is 0 Å². The highest BCUT2D eigenvalue weighted by atomic mass is 35.5. The van der Waals surface area contributed by atoms with Crippen LogP contribution in [0.15, 0.2) is 12.1 Å². The topological polar surface area (TPSA) is 84.9 Å². The molecule has 1 saturated heterocycles. The first-order valence-electron chi connectivity index (χ1n) is 10.7. The predicted octanol–water partition coefficient (Wildman–Crippen LogP) is 3.13. The Morgan fingerprint density at radius 1 is 1.23 bits per heavy atom. The number of benzene rings is 1. The van der Waals surface area contributed by atoms with Gasteiger partial charge in [-0.15, -0.1) is 0 Å². The maximum absolute atomic E-state index is 14.8. The Labute approximate surface area is 186 Å². The van der Waals surface area contributed by atoms with Crippen molar-refractivity contribution in [1.29, 1.82) is 0 Å². The van der Waals surface area contributed by atoms with Crippen LogP contribution in [0.5, 0.6) is 5.75 Å². The zero-order valence-electron chi connectivity index (χ0n) is 17.3. The largest absolute Gasteiger partial charge is 0.488 e. The summed E-state index contributed by atoms with van der Waals surface area (Å²) < 4.78 is 54.1. The first kappa shape index (κ1) is 21.4. The van der Waals surface area contributed by atoms with Gasteiger partial charge in [-0.25, -0.2) is 9.11 Å². The minimum atomic E-state index is -3.97. The minimum absolute atomic E-state index is 0.0602. The molecule has 0 spiro atoms. The number of amides is 1. The molecular formula is C21H26ClFN2O5S. The van der Waals surface area contributed by atoms with E-state index in [1.165, 1.54) is 0 Å². The lowest BCUT2D eigenvalue weighted by Crippen LogP contribution is -2.59. The highest BCUT2D eigenvalue weighted by molar-refractivity contribution is 7.87. The van der Waals surface area contributed by atoms with Crippen LogP contribution in [0.2, 0.25) is 5.02 Å². The number of hydrogen-bond donors (Lipinski definition) is 1. The van der Waals surface area contributed by atoms with Crippen molar-refractivity contribution in [2.75, 3.05) is 20.2 Å². The van der Waals surface area contributed by atoms with E-state index in [2.05, 4.69) is 0 Å². The lowest BCUT2D eigenvalue weighted by atomic mass is 9.53. The summed E-state index contributed by atoms with van der Waals surface area (Å²) in [5, 5.41) is 0.0863. The van der Waals surface area contributed by atoms with E-state index in [-0.39, 0.29) is 22.5 Å². The van der Waals surface area contributed by atoms with Crippen LogP contribution >= 0.6 is 11.6 Å². The Morgan fingerprint density at radius 2 is 1.90 bits per heavy atom. The van der Waals surface area contributed by atoms with E-state index >= 15 is 0 Å². The van der Waals surface area contributed by atoms with Gasteiger partial charge in [-0.3, -0.25) is 4.79 Å². The number of ether oxygens (including phenoxy) is 2. The second-order valence-corrected chi connectivity index (χ2v) is 11.5. The van der Waals surface area contributed by atoms with E-state index in [0.717, 1.165) is 55.0 Å². The summed E-state index contributed by atoms with van der Waals surface area (Å²) in [7, 11) is -2.19. The summed E-state index contributed by atoms with van der Waals surface area (Å²) in [6.45, 7) is 0.682. The summed E-state index contributed by atoms with van der Waals surface area (Å²) >= 11 is 6.33. The van der Waals surface area contributed by atoms with Crippen molar-refractivity contribution < 1.29 is 27.1 Å². The zero-order valence-corrected chi connectivity index (χ0v) is 18.8. The molecule has 4 saturated carbocycles. The quantitative estimate of drug-likeness (QED) is 0.687. The standard InChI is InChI=1S/C21H26ClFN2O5S/c1-29-21-9-12-5-13(10-21)19(14(6-12)11-21)30-18-8-17(23)15(7-16(18)22)20(26)24-31(27,28)25-3-2-4-25/h7-8,12-14,19H,2-6,9-11H2,1H3,(H,24,26)/t12?,13-,14-,19?,21?/m0/s1. The van der Waals surface area contributed by atoms with Gasteiger partial charge in [0.05, 0.1) is 16.2 Å². The van der Waals surface area contributed by atoms with Gasteiger partial charge in [0, 0.05) is 26.3 Å². The van der Waals surface area contributed by atoms with Crippen LogP contribution in [0.25, 0.3) is 0 Å². The van der Waals surface area contributed by atoms with Gasteiger partial charge >= 0.3 is 10.2 Å². The van der Waals surface area contributed by atoms with Crippen LogP contribution in [0.4, 0.5) is 4.39 Å². The third kappa shape index (κ3) is 3.73. The molecule has 0 aromatic heterocycles. The molecule has 5 fully saturated rings. The van der Waals surface area contributed by atoms with Gasteiger partial charge in [-0.2, -0.15) is 12.7 Å². The highest BCUT2D eigenvalue weighted by Crippen LogP contribution is 2.58. The molecule has 2 atom stereocenters. The first-order chi connectivity index (χ1) is 14.7. The van der Waals surface area contributed by atoms with E-state index < -0.39 is 27.5 Å². The van der Waals surface area contributed by atoms with Crippen LogP contribution < -0.4 is 9.46 Å². The highest BCUT2D eigenvalue weighted by Gasteiger charge is 2.56. The van der Waals surface area contributed by atoms with Gasteiger partial charge in [-0.05, 0) is 62.3 Å². The van der Waals surface area contributed by atoms with Gasteiger partial charge in [0.15, 0.2) is 0 Å². The lowest BCUT2D eigenvalue weighted by Gasteiger charge is -2.58. The molecule has 4 aliphatic carbocycles. The maximum atomic E-state index is 14.8. The molecule has 7 nitrogen and oxygen atoms in total. The summed E-state index contributed by atoms with van der Waals surface area (Å²) in [4.78, 5) is 12.4. The van der Waals surface area contributed by atoms with E-state index in [9.17, 15) is 17.6 Å². The Balaban J connectivity index is 1.33. The number of carbonyl (C=O) groups is 1. The number of rotatable bonds is 6. The molecule has 1 amide bonds. The molecule has 1 aromatic rings. The van der Waals surface area contributed by atoms with Gasteiger partial charge in [0.25, 0.3) is 5.91 Å². The number of methoxy groups -OCH3 is 1. The summed E-state index contributed by atoms with van der Waals surface area (Å²) in [6, 6.07) is 2.23. The summed E-state index contributed by atoms with van der Waals surface area (Å²) in [5.41, 5.74) is -0.486. The second-order valence-electron chi connectivity index (χ2n) is 9.39. The molecule has 0 radical (unpaired) electrons. The molecule has 5 aliphatic rings. The van der Waals surface area contributed by atoms with Crippen molar-refractivity contribution in [2.24, 2.45) is 17.8 Å². The van der Waals surface area contributed by atoms with Gasteiger partial charge in [0.2, 0.25) is 0 Å². The minimum Gasteiger partial charge on any atom is -0.488 e. The molecule has 1 N–H and O–H groups in total. The summed E-state index contributed by atoms with van der Waals surface area (Å²) in [6.07, 6.45) is 5.76. The van der Waals surface area contributed by atoms with Crippen LogP contribution in [0.3, 0.4) is 0 Å². The Hall–Kier alpha value is -1.42. The summed E-state index contributed by atoms with van der Waals surface area (Å²) in [5.74, 6) is -0.429. The molecule has 6 rings (SSSR count). The monoisotopic (exact) mass is 472 g/mol. The maximum Gasteiger partial charge on any atom is 0.304 e. The zero-order chi connectivity index (χ0) is 22.0. The van der Waals surface area contributed by atoms with Gasteiger partial charge in [-0.1, -0.05) is 11.6 Å². The number of nitrogens with zero attached hydrogens (tertiary/aromatic N) is 1. The van der Waals surface area contributed by atoms with Crippen LogP contribution in [0.1, 0.15) is 48.9 Å². The predicted molar refractivity (Wildman–Crippen MR) is 112 cm³/mol. The molecule has 1 aromatic carbocycles. The van der Waals surface area contributed by atoms with Crippen molar-refractivity contribution in [3.8, 4) is 5.75 Å². The third-order valence-electron chi connectivity index (χ3n) is 7.47. The Bertz CT molecular complexity index is 999. The van der Waals surface area contributed by atoms with Crippen molar-refractivity contribution in [3.05, 3.63) is 28.5 Å². The van der Waals surface area contributed by atoms with E-state index in [1.807, 2.05) is 4.72 Å². The Morgan fingerprint density at radius 3 is 2.48 bits per heavy atom. The van der Waals surface area contributed by atoms with Gasteiger partial charge < -0.3 is 9.47 Å². The fraction of sp³-hybridized carbons (Fsp3) is 0.667. The number of hydrogen-bond acceptors (Lipinski definition) is 5. The molecule has 1 aliphatic heterocycles. The average molecular weight is 473 g/mol. The third-order valence-corrected chi connectivity index (χ3v) is 9.25. The Kier molecular flexibility index (Phi) is 5.23. The smallest absolute Gasteiger partial charge is 0.304 e. The normalized spacial score (nSPS) is 34.4. The fourth-order valence-corrected chi connectivity index (χ4v) is 7.47. The van der Waals surface area contributed by atoms with Crippen molar-refractivity contribution in [2.45, 2.75) is 50.2 Å². The van der Waals surface area contributed by atoms with E-state index in [0.29, 0.717) is 30.8 Å². The fourth-order valence-electron chi connectivity index (χ4n) is 6.05. The molecule has 170 valence electrons. The van der Waals surface area contributed by atoms with Crippen LogP contribution in [-0.4, -0.2) is 50.5 Å². The SMILES string of the molecule is COC12CC3C[C@@H](C1)C(Oc1cc(F)c(C(=O)NS(=O)(=O)N4CCC4)cc1Cl)[C@@H](C3)C2. The lowest BCUT2D eigenvalue weighted by molar-refractivity contribution is -0.182. The second kappa shape index (κ2) is 7.57. The number of halogens is 2. The molecule has 31 heavy (non-hydrogen) atoms. The average Bonchev–Trinajstić information content (AvgIpc) is 2.64. The molecule has 0 unspecified atom stereocenters. The van der Waals surface area contributed by atoms with Crippen LogP contribution in [0, 0.1) is 23.6 Å².